The van der Waals surface area contributed by atoms with E-state index in [1.165, 1.54) is 16.8 Å². The smallest absolute Gasteiger partial charge is 0.220 e. The summed E-state index contributed by atoms with van der Waals surface area (Å²) in [4.78, 5) is 14.6. The summed E-state index contributed by atoms with van der Waals surface area (Å²) in [5.74, 6) is 1.01. The third kappa shape index (κ3) is 4.82. The Hall–Kier alpha value is -2.49. The lowest BCUT2D eigenvalue weighted by molar-refractivity contribution is -0.121. The Morgan fingerprint density at radius 3 is 2.85 bits per heavy atom. The van der Waals surface area contributed by atoms with E-state index >= 15 is 0 Å². The number of hydrogen-bond donors (Lipinski definition) is 1. The van der Waals surface area contributed by atoms with Gasteiger partial charge in [-0.1, -0.05) is 30.3 Å². The lowest BCUT2D eigenvalue weighted by Gasteiger charge is -2.24. The topological polar surface area (TPSA) is 41.6 Å². The highest BCUT2D eigenvalue weighted by Crippen LogP contribution is 2.31. The summed E-state index contributed by atoms with van der Waals surface area (Å²) in [5.41, 5.74) is 5.07. The number of nitrogens with one attached hydrogen (secondary N) is 1. The van der Waals surface area contributed by atoms with Crippen LogP contribution in [0.1, 0.15) is 36.5 Å². The Bertz CT molecular complexity index is 788. The number of para-hydroxylation sites is 1. The summed E-state index contributed by atoms with van der Waals surface area (Å²) in [6, 6.07) is 15.3. The Morgan fingerprint density at radius 1 is 1.26 bits per heavy atom. The fourth-order valence-electron chi connectivity index (χ4n) is 3.89. The second-order valence-corrected chi connectivity index (χ2v) is 7.38. The number of aryl methyl sites for hydroxylation is 2. The van der Waals surface area contributed by atoms with Gasteiger partial charge in [0.1, 0.15) is 5.75 Å². The average molecular weight is 367 g/mol. The minimum atomic E-state index is 0.123. The molecule has 1 heterocycles. The summed E-state index contributed by atoms with van der Waals surface area (Å²) < 4.78 is 5.28. The summed E-state index contributed by atoms with van der Waals surface area (Å²) in [6.07, 6.45) is 3.36. The van der Waals surface area contributed by atoms with Crippen LogP contribution in [0.3, 0.4) is 0 Å². The summed E-state index contributed by atoms with van der Waals surface area (Å²) in [5, 5.41) is 3.06. The fourth-order valence-corrected chi connectivity index (χ4v) is 3.89. The standard InChI is InChI=1S/C23H30N2O2/c1-17-15-19(9-11-22(17)27-3)10-12-23(26)24-13-6-14-25-18(2)16-20-7-4-5-8-21(20)25/h4-5,7-9,11,15,18H,6,10,12-14,16H2,1-3H3,(H,24,26)/t18-/m0/s1. The van der Waals surface area contributed by atoms with Gasteiger partial charge in [-0.3, -0.25) is 4.79 Å². The van der Waals surface area contributed by atoms with Crippen molar-refractivity contribution >= 4 is 11.6 Å². The van der Waals surface area contributed by atoms with Crippen molar-refractivity contribution < 1.29 is 9.53 Å². The van der Waals surface area contributed by atoms with E-state index in [0.29, 0.717) is 12.5 Å². The molecular formula is C23H30N2O2. The van der Waals surface area contributed by atoms with E-state index in [2.05, 4.69) is 47.5 Å². The van der Waals surface area contributed by atoms with Crippen LogP contribution in [-0.4, -0.2) is 32.1 Å². The van der Waals surface area contributed by atoms with Crippen molar-refractivity contribution in [2.24, 2.45) is 0 Å². The number of amides is 1. The molecule has 0 saturated heterocycles. The predicted molar refractivity (Wildman–Crippen MR) is 111 cm³/mol. The van der Waals surface area contributed by atoms with Gasteiger partial charge in [0.15, 0.2) is 0 Å². The lowest BCUT2D eigenvalue weighted by atomic mass is 10.1. The van der Waals surface area contributed by atoms with Crippen molar-refractivity contribution in [3.8, 4) is 5.75 Å². The molecule has 0 spiro atoms. The van der Waals surface area contributed by atoms with Gasteiger partial charge in [0.25, 0.3) is 0 Å². The van der Waals surface area contributed by atoms with Crippen molar-refractivity contribution in [1.29, 1.82) is 0 Å². The zero-order valence-electron chi connectivity index (χ0n) is 16.6. The van der Waals surface area contributed by atoms with Crippen LogP contribution in [-0.2, 0) is 17.6 Å². The van der Waals surface area contributed by atoms with E-state index in [-0.39, 0.29) is 5.91 Å². The maximum Gasteiger partial charge on any atom is 0.220 e. The molecule has 0 fully saturated rings. The van der Waals surface area contributed by atoms with Crippen molar-refractivity contribution in [2.75, 3.05) is 25.1 Å². The molecule has 3 rings (SSSR count). The van der Waals surface area contributed by atoms with E-state index in [1.807, 2.05) is 19.1 Å². The zero-order chi connectivity index (χ0) is 19.2. The lowest BCUT2D eigenvalue weighted by Crippen LogP contribution is -2.33. The van der Waals surface area contributed by atoms with Crippen LogP contribution in [0.4, 0.5) is 5.69 Å². The predicted octanol–water partition coefficient (Wildman–Crippen LogP) is 3.89. The highest BCUT2D eigenvalue weighted by atomic mass is 16.5. The van der Waals surface area contributed by atoms with Crippen molar-refractivity contribution in [3.05, 3.63) is 59.2 Å². The van der Waals surface area contributed by atoms with Crippen LogP contribution >= 0.6 is 0 Å². The van der Waals surface area contributed by atoms with E-state index in [1.54, 1.807) is 7.11 Å². The summed E-state index contributed by atoms with van der Waals surface area (Å²) in [6.45, 7) is 6.01. The number of carbonyl (C=O) groups is 1. The van der Waals surface area contributed by atoms with Gasteiger partial charge in [-0.15, -0.1) is 0 Å². The summed E-state index contributed by atoms with van der Waals surface area (Å²) in [7, 11) is 1.68. The molecule has 0 radical (unpaired) electrons. The molecule has 2 aromatic carbocycles. The highest BCUT2D eigenvalue weighted by molar-refractivity contribution is 5.76. The van der Waals surface area contributed by atoms with Gasteiger partial charge >= 0.3 is 0 Å². The van der Waals surface area contributed by atoms with Crippen LogP contribution in [0.25, 0.3) is 0 Å². The minimum absolute atomic E-state index is 0.123. The van der Waals surface area contributed by atoms with Crippen LogP contribution < -0.4 is 15.0 Å². The van der Waals surface area contributed by atoms with Gasteiger partial charge < -0.3 is 15.0 Å². The second-order valence-electron chi connectivity index (χ2n) is 7.38. The number of nitrogens with zero attached hydrogens (tertiary/aromatic N) is 1. The molecule has 1 atom stereocenters. The van der Waals surface area contributed by atoms with Gasteiger partial charge in [0, 0.05) is 31.2 Å². The molecule has 0 aliphatic carbocycles. The largest absolute Gasteiger partial charge is 0.496 e. The number of rotatable bonds is 8. The first-order valence-electron chi connectivity index (χ1n) is 9.83. The second kappa shape index (κ2) is 8.94. The number of carbonyl (C=O) groups excluding carboxylic acids is 1. The number of fused-ring (bicyclic) bond motifs is 1. The molecule has 4 nitrogen and oxygen atoms in total. The third-order valence-corrected chi connectivity index (χ3v) is 5.35. The first kappa shape index (κ1) is 19.3. The van der Waals surface area contributed by atoms with Crippen LogP contribution in [0.5, 0.6) is 5.75 Å². The van der Waals surface area contributed by atoms with Crippen LogP contribution in [0, 0.1) is 6.92 Å². The number of benzene rings is 2. The zero-order valence-corrected chi connectivity index (χ0v) is 16.6. The normalized spacial score (nSPS) is 15.5. The van der Waals surface area contributed by atoms with Gasteiger partial charge in [0.05, 0.1) is 7.11 Å². The van der Waals surface area contributed by atoms with Gasteiger partial charge in [-0.25, -0.2) is 0 Å². The summed E-state index contributed by atoms with van der Waals surface area (Å²) >= 11 is 0. The molecule has 1 N–H and O–H groups in total. The van der Waals surface area contributed by atoms with E-state index < -0.39 is 0 Å². The van der Waals surface area contributed by atoms with Crippen molar-refractivity contribution in [2.45, 2.75) is 45.6 Å². The Morgan fingerprint density at radius 2 is 2.07 bits per heavy atom. The van der Waals surface area contributed by atoms with Crippen LogP contribution in [0.15, 0.2) is 42.5 Å². The first-order valence-corrected chi connectivity index (χ1v) is 9.83. The Balaban J connectivity index is 1.38. The number of methoxy groups -OCH3 is 1. The molecular weight excluding hydrogens is 336 g/mol. The van der Waals surface area contributed by atoms with Crippen molar-refractivity contribution in [3.63, 3.8) is 0 Å². The molecule has 2 aromatic rings. The van der Waals surface area contributed by atoms with Gasteiger partial charge in [0.2, 0.25) is 5.91 Å². The number of anilines is 1. The number of hydrogen-bond acceptors (Lipinski definition) is 3. The number of ether oxygens (including phenoxy) is 1. The average Bonchev–Trinajstić information content (AvgIpc) is 2.99. The van der Waals surface area contributed by atoms with Crippen LogP contribution in [0.2, 0.25) is 0 Å². The Labute approximate surface area is 162 Å². The molecule has 144 valence electrons. The Kier molecular flexibility index (Phi) is 6.38. The highest BCUT2D eigenvalue weighted by Gasteiger charge is 2.24. The fraction of sp³-hybridized carbons (Fsp3) is 0.435. The molecule has 0 saturated carbocycles. The molecule has 27 heavy (non-hydrogen) atoms. The maximum absolute atomic E-state index is 12.1. The molecule has 1 aliphatic heterocycles. The molecule has 4 heteroatoms. The minimum Gasteiger partial charge on any atom is -0.496 e. The third-order valence-electron chi connectivity index (χ3n) is 5.35. The molecule has 0 aromatic heterocycles. The van der Waals surface area contributed by atoms with E-state index in [4.69, 9.17) is 4.74 Å². The molecule has 1 aliphatic rings. The van der Waals surface area contributed by atoms with E-state index in [9.17, 15) is 4.79 Å². The van der Waals surface area contributed by atoms with Gasteiger partial charge in [-0.05, 0) is 61.9 Å². The molecule has 0 bridgehead atoms. The maximum atomic E-state index is 12.1. The monoisotopic (exact) mass is 366 g/mol. The van der Waals surface area contributed by atoms with Crippen molar-refractivity contribution in [1.82, 2.24) is 5.32 Å². The first-order chi connectivity index (χ1) is 13.1. The van der Waals surface area contributed by atoms with Gasteiger partial charge in [-0.2, -0.15) is 0 Å². The molecule has 0 unspecified atom stereocenters. The van der Waals surface area contributed by atoms with E-state index in [0.717, 1.165) is 43.7 Å². The SMILES string of the molecule is COc1ccc(CCC(=O)NCCCN2c3ccccc3C[C@@H]2C)cc1C. The molecule has 1 amide bonds. The quantitative estimate of drug-likeness (QED) is 0.721.